The van der Waals surface area contributed by atoms with Crippen molar-refractivity contribution in [3.63, 3.8) is 0 Å². The van der Waals surface area contributed by atoms with Crippen molar-refractivity contribution in [2.24, 2.45) is 11.7 Å². The molecule has 0 aromatic carbocycles. The third kappa shape index (κ3) is 3.29. The maximum Gasteiger partial charge on any atom is 0.225 e. The molecule has 14 heavy (non-hydrogen) atoms. The lowest BCUT2D eigenvalue weighted by Gasteiger charge is -2.23. The van der Waals surface area contributed by atoms with Crippen LogP contribution in [0.2, 0.25) is 0 Å². The van der Waals surface area contributed by atoms with E-state index in [0.29, 0.717) is 12.5 Å². The first-order valence-corrected chi connectivity index (χ1v) is 5.74. The van der Waals surface area contributed by atoms with E-state index in [-0.39, 0.29) is 5.92 Å². The van der Waals surface area contributed by atoms with Crippen molar-refractivity contribution in [1.82, 2.24) is 4.90 Å². The number of nitrogens with zero attached hydrogens (tertiary/aromatic N) is 1. The van der Waals surface area contributed by atoms with Gasteiger partial charge in [-0.2, -0.15) is 0 Å². The first kappa shape index (κ1) is 11.5. The highest BCUT2D eigenvalue weighted by molar-refractivity contribution is 5.78. The molecule has 0 saturated carbocycles. The number of likely N-dealkylation sites (tertiary alicyclic amines) is 1. The summed E-state index contributed by atoms with van der Waals surface area (Å²) in [5.41, 5.74) is 5.46. The van der Waals surface area contributed by atoms with Crippen molar-refractivity contribution in [3.8, 4) is 0 Å². The largest absolute Gasteiger partial charge is 0.342 e. The lowest BCUT2D eigenvalue weighted by molar-refractivity contribution is -0.135. The summed E-state index contributed by atoms with van der Waals surface area (Å²) in [5.74, 6) is 0.412. The highest BCUT2D eigenvalue weighted by atomic mass is 16.2. The zero-order valence-corrected chi connectivity index (χ0v) is 9.17. The van der Waals surface area contributed by atoms with Crippen molar-refractivity contribution in [3.05, 3.63) is 0 Å². The van der Waals surface area contributed by atoms with Crippen LogP contribution in [0.15, 0.2) is 0 Å². The lowest BCUT2D eigenvalue weighted by Crippen LogP contribution is -2.36. The molecule has 0 spiro atoms. The molecule has 2 N–H and O–H groups in total. The summed E-state index contributed by atoms with van der Waals surface area (Å²) in [6.07, 6.45) is 5.70. The van der Waals surface area contributed by atoms with Crippen LogP contribution in [0.5, 0.6) is 0 Å². The summed E-state index contributed by atoms with van der Waals surface area (Å²) in [7, 11) is 0. The van der Waals surface area contributed by atoms with Crippen LogP contribution in [0, 0.1) is 5.92 Å². The Balaban J connectivity index is 2.40. The lowest BCUT2D eigenvalue weighted by atomic mass is 10.1. The molecule has 1 unspecified atom stereocenters. The molecule has 1 rings (SSSR count). The van der Waals surface area contributed by atoms with Gasteiger partial charge in [-0.3, -0.25) is 4.79 Å². The predicted molar refractivity (Wildman–Crippen MR) is 57.9 cm³/mol. The van der Waals surface area contributed by atoms with Gasteiger partial charge in [0, 0.05) is 19.0 Å². The van der Waals surface area contributed by atoms with Crippen molar-refractivity contribution >= 4 is 5.91 Å². The summed E-state index contributed by atoms with van der Waals surface area (Å²) in [4.78, 5) is 13.9. The van der Waals surface area contributed by atoms with Gasteiger partial charge in [-0.05, 0) is 25.8 Å². The van der Waals surface area contributed by atoms with E-state index in [0.717, 1.165) is 19.5 Å². The standard InChI is InChI=1S/C11H22N2O/c1-10(6-7-12)11(14)13-8-4-2-3-5-9-13/h10H,2-9,12H2,1H3. The minimum absolute atomic E-state index is 0.109. The van der Waals surface area contributed by atoms with Gasteiger partial charge in [0.25, 0.3) is 0 Å². The van der Waals surface area contributed by atoms with Gasteiger partial charge in [-0.1, -0.05) is 19.8 Å². The third-order valence-electron chi connectivity index (χ3n) is 2.94. The zero-order valence-electron chi connectivity index (χ0n) is 9.17. The van der Waals surface area contributed by atoms with Gasteiger partial charge in [0.15, 0.2) is 0 Å². The van der Waals surface area contributed by atoms with Gasteiger partial charge in [0.2, 0.25) is 5.91 Å². The van der Waals surface area contributed by atoms with Gasteiger partial charge >= 0.3 is 0 Å². The van der Waals surface area contributed by atoms with Crippen LogP contribution in [0.4, 0.5) is 0 Å². The van der Waals surface area contributed by atoms with Crippen LogP contribution in [0.25, 0.3) is 0 Å². The molecule has 1 saturated heterocycles. The van der Waals surface area contributed by atoms with Crippen molar-refractivity contribution in [2.75, 3.05) is 19.6 Å². The van der Waals surface area contributed by atoms with Gasteiger partial charge in [-0.25, -0.2) is 0 Å². The second-order valence-corrected chi connectivity index (χ2v) is 4.22. The Morgan fingerprint density at radius 1 is 1.29 bits per heavy atom. The highest BCUT2D eigenvalue weighted by Crippen LogP contribution is 2.13. The van der Waals surface area contributed by atoms with Crippen LogP contribution >= 0.6 is 0 Å². The number of nitrogens with two attached hydrogens (primary N) is 1. The Morgan fingerprint density at radius 2 is 1.86 bits per heavy atom. The van der Waals surface area contributed by atoms with Crippen LogP contribution in [-0.2, 0) is 4.79 Å². The second-order valence-electron chi connectivity index (χ2n) is 4.22. The molecule has 0 aromatic rings. The van der Waals surface area contributed by atoms with Gasteiger partial charge in [0.05, 0.1) is 0 Å². The quantitative estimate of drug-likeness (QED) is 0.744. The van der Waals surface area contributed by atoms with Crippen LogP contribution < -0.4 is 5.73 Å². The van der Waals surface area contributed by atoms with E-state index in [2.05, 4.69) is 0 Å². The van der Waals surface area contributed by atoms with Gasteiger partial charge in [-0.15, -0.1) is 0 Å². The first-order valence-electron chi connectivity index (χ1n) is 5.74. The Labute approximate surface area is 86.6 Å². The fourth-order valence-corrected chi connectivity index (χ4v) is 1.98. The van der Waals surface area contributed by atoms with E-state index in [9.17, 15) is 4.79 Å². The molecular weight excluding hydrogens is 176 g/mol. The number of carbonyl (C=O) groups is 1. The highest BCUT2D eigenvalue weighted by Gasteiger charge is 2.20. The van der Waals surface area contributed by atoms with E-state index in [4.69, 9.17) is 5.73 Å². The third-order valence-corrected chi connectivity index (χ3v) is 2.94. The number of rotatable bonds is 3. The van der Waals surface area contributed by atoms with Crippen molar-refractivity contribution < 1.29 is 4.79 Å². The molecule has 0 bridgehead atoms. The Bertz CT molecular complexity index is 174. The maximum absolute atomic E-state index is 11.9. The Morgan fingerprint density at radius 3 is 2.36 bits per heavy atom. The van der Waals surface area contributed by atoms with E-state index in [1.165, 1.54) is 25.7 Å². The molecule has 3 nitrogen and oxygen atoms in total. The van der Waals surface area contributed by atoms with Gasteiger partial charge in [0.1, 0.15) is 0 Å². The first-order chi connectivity index (χ1) is 6.75. The molecule has 3 heteroatoms. The summed E-state index contributed by atoms with van der Waals surface area (Å²) in [5, 5.41) is 0. The minimum atomic E-state index is 0.109. The molecule has 1 amide bonds. The Kier molecular flexibility index (Phi) is 4.94. The number of hydrogen-bond donors (Lipinski definition) is 1. The number of amides is 1. The molecule has 0 aromatic heterocycles. The summed E-state index contributed by atoms with van der Waals surface area (Å²) < 4.78 is 0. The summed E-state index contributed by atoms with van der Waals surface area (Å²) >= 11 is 0. The fraction of sp³-hybridized carbons (Fsp3) is 0.909. The fourth-order valence-electron chi connectivity index (χ4n) is 1.98. The topological polar surface area (TPSA) is 46.3 Å². The second kappa shape index (κ2) is 6.02. The average molecular weight is 198 g/mol. The monoisotopic (exact) mass is 198 g/mol. The molecule has 1 aliphatic rings. The average Bonchev–Trinajstić information content (AvgIpc) is 2.45. The van der Waals surface area contributed by atoms with Crippen LogP contribution in [-0.4, -0.2) is 30.4 Å². The van der Waals surface area contributed by atoms with E-state index < -0.39 is 0 Å². The van der Waals surface area contributed by atoms with Crippen molar-refractivity contribution in [1.29, 1.82) is 0 Å². The van der Waals surface area contributed by atoms with Gasteiger partial charge < -0.3 is 10.6 Å². The zero-order chi connectivity index (χ0) is 10.4. The van der Waals surface area contributed by atoms with E-state index in [1.54, 1.807) is 0 Å². The normalized spacial score (nSPS) is 20.3. The molecule has 1 atom stereocenters. The predicted octanol–water partition coefficient (Wildman–Crippen LogP) is 1.37. The van der Waals surface area contributed by atoms with E-state index in [1.807, 2.05) is 11.8 Å². The molecular formula is C11H22N2O. The maximum atomic E-state index is 11.9. The molecule has 82 valence electrons. The smallest absolute Gasteiger partial charge is 0.225 e. The summed E-state index contributed by atoms with van der Waals surface area (Å²) in [6, 6.07) is 0. The molecule has 1 heterocycles. The number of carbonyl (C=O) groups excluding carboxylic acids is 1. The number of hydrogen-bond acceptors (Lipinski definition) is 2. The minimum Gasteiger partial charge on any atom is -0.342 e. The van der Waals surface area contributed by atoms with E-state index >= 15 is 0 Å². The van der Waals surface area contributed by atoms with Crippen molar-refractivity contribution in [2.45, 2.75) is 39.0 Å². The van der Waals surface area contributed by atoms with Crippen LogP contribution in [0.3, 0.4) is 0 Å². The van der Waals surface area contributed by atoms with Crippen LogP contribution in [0.1, 0.15) is 39.0 Å². The molecule has 1 aliphatic heterocycles. The SMILES string of the molecule is CC(CCN)C(=O)N1CCCCCC1. The molecule has 0 radical (unpaired) electrons. The Hall–Kier alpha value is -0.570. The molecule has 0 aliphatic carbocycles. The summed E-state index contributed by atoms with van der Waals surface area (Å²) in [6.45, 7) is 4.50. The molecule has 1 fully saturated rings.